The molecule has 0 unspecified atom stereocenters. The molecule has 1 aliphatic heterocycles. The summed E-state index contributed by atoms with van der Waals surface area (Å²) in [5.41, 5.74) is 1.93. The monoisotopic (exact) mass is 369 g/mol. The summed E-state index contributed by atoms with van der Waals surface area (Å²) < 4.78 is 15.5. The molecule has 1 amide bonds. The Labute approximate surface area is 156 Å². The minimum Gasteiger partial charge on any atom is -0.493 e. The van der Waals surface area contributed by atoms with Crippen molar-refractivity contribution < 1.29 is 28.6 Å². The SMILES string of the molecule is COc1ccc(C=O)c(C(=O)OCC(=O)N2CCc3ccccc32)c1OC. The first-order valence-electron chi connectivity index (χ1n) is 8.36. The van der Waals surface area contributed by atoms with Crippen LogP contribution in [0.3, 0.4) is 0 Å². The lowest BCUT2D eigenvalue weighted by molar-refractivity contribution is -0.121. The molecule has 0 aliphatic carbocycles. The number of anilines is 1. The van der Waals surface area contributed by atoms with Crippen LogP contribution in [0.25, 0.3) is 0 Å². The van der Waals surface area contributed by atoms with Gasteiger partial charge >= 0.3 is 5.97 Å². The molecule has 3 rings (SSSR count). The molecule has 1 aliphatic rings. The highest BCUT2D eigenvalue weighted by Gasteiger charge is 2.27. The predicted molar refractivity (Wildman–Crippen MR) is 97.7 cm³/mol. The fourth-order valence-corrected chi connectivity index (χ4v) is 3.13. The van der Waals surface area contributed by atoms with E-state index in [0.29, 0.717) is 12.8 Å². The Hall–Kier alpha value is -3.35. The van der Waals surface area contributed by atoms with Crippen LogP contribution >= 0.6 is 0 Å². The van der Waals surface area contributed by atoms with Crippen molar-refractivity contribution in [3.8, 4) is 11.5 Å². The van der Waals surface area contributed by atoms with Crippen LogP contribution < -0.4 is 14.4 Å². The molecule has 2 aromatic carbocycles. The molecule has 7 nitrogen and oxygen atoms in total. The van der Waals surface area contributed by atoms with Crippen molar-refractivity contribution in [2.45, 2.75) is 6.42 Å². The number of amides is 1. The molecule has 2 aromatic rings. The standard InChI is InChI=1S/C20H19NO6/c1-25-16-8-7-14(11-22)18(19(16)26-2)20(24)27-12-17(23)21-10-9-13-5-3-4-6-15(13)21/h3-8,11H,9-10,12H2,1-2H3. The average molecular weight is 369 g/mol. The Balaban J connectivity index is 1.77. The molecule has 27 heavy (non-hydrogen) atoms. The summed E-state index contributed by atoms with van der Waals surface area (Å²) in [6, 6.07) is 10.6. The number of methoxy groups -OCH3 is 2. The van der Waals surface area contributed by atoms with E-state index < -0.39 is 12.6 Å². The molecule has 0 saturated heterocycles. The lowest BCUT2D eigenvalue weighted by Crippen LogP contribution is -2.33. The van der Waals surface area contributed by atoms with Gasteiger partial charge < -0.3 is 19.1 Å². The van der Waals surface area contributed by atoms with Gasteiger partial charge in [0.2, 0.25) is 0 Å². The minimum absolute atomic E-state index is 0.0681. The Morgan fingerprint density at radius 3 is 2.59 bits per heavy atom. The van der Waals surface area contributed by atoms with E-state index in [1.54, 1.807) is 4.90 Å². The quantitative estimate of drug-likeness (QED) is 0.574. The van der Waals surface area contributed by atoms with E-state index in [4.69, 9.17) is 14.2 Å². The molecule has 0 saturated carbocycles. The second kappa shape index (κ2) is 7.90. The molecule has 0 radical (unpaired) electrons. The molecular formula is C20H19NO6. The lowest BCUT2D eigenvalue weighted by Gasteiger charge is -2.18. The first kappa shape index (κ1) is 18.4. The normalized spacial score (nSPS) is 12.3. The van der Waals surface area contributed by atoms with Crippen LogP contribution in [0, 0.1) is 0 Å². The Kier molecular flexibility index (Phi) is 5.40. The summed E-state index contributed by atoms with van der Waals surface area (Å²) >= 11 is 0. The molecule has 0 atom stereocenters. The molecule has 0 fully saturated rings. The largest absolute Gasteiger partial charge is 0.493 e. The molecule has 1 heterocycles. The number of esters is 1. The lowest BCUT2D eigenvalue weighted by atomic mass is 10.1. The van der Waals surface area contributed by atoms with E-state index in [1.165, 1.54) is 26.4 Å². The van der Waals surface area contributed by atoms with Gasteiger partial charge in [0.05, 0.1) is 14.2 Å². The topological polar surface area (TPSA) is 82.1 Å². The van der Waals surface area contributed by atoms with Crippen LogP contribution in [-0.2, 0) is 16.0 Å². The Morgan fingerprint density at radius 2 is 1.89 bits per heavy atom. The van der Waals surface area contributed by atoms with E-state index >= 15 is 0 Å². The summed E-state index contributed by atoms with van der Waals surface area (Å²) in [7, 11) is 2.78. The molecule has 140 valence electrons. The highest BCUT2D eigenvalue weighted by Crippen LogP contribution is 2.33. The number of aldehydes is 1. The molecule has 0 aromatic heterocycles. The summed E-state index contributed by atoms with van der Waals surface area (Å²) in [6.07, 6.45) is 1.28. The third-order valence-corrected chi connectivity index (χ3v) is 4.42. The fraction of sp³-hybridized carbons (Fsp3) is 0.250. The highest BCUT2D eigenvalue weighted by atomic mass is 16.5. The van der Waals surface area contributed by atoms with E-state index in [1.807, 2.05) is 24.3 Å². The minimum atomic E-state index is -0.825. The van der Waals surface area contributed by atoms with Gasteiger partial charge in [-0.15, -0.1) is 0 Å². The van der Waals surface area contributed by atoms with Crippen LogP contribution in [0.4, 0.5) is 5.69 Å². The van der Waals surface area contributed by atoms with Crippen LogP contribution in [0.15, 0.2) is 36.4 Å². The van der Waals surface area contributed by atoms with E-state index in [-0.39, 0.29) is 28.5 Å². The summed E-state index contributed by atoms with van der Waals surface area (Å²) in [5.74, 6) is -0.780. The number of hydrogen-bond acceptors (Lipinski definition) is 6. The molecule has 0 bridgehead atoms. The second-order valence-electron chi connectivity index (χ2n) is 5.88. The van der Waals surface area contributed by atoms with E-state index in [9.17, 15) is 14.4 Å². The Bertz CT molecular complexity index is 892. The molecule has 7 heteroatoms. The predicted octanol–water partition coefficient (Wildman–Crippen LogP) is 2.26. The molecule has 0 spiro atoms. The van der Waals surface area contributed by atoms with Crippen molar-refractivity contribution in [2.24, 2.45) is 0 Å². The first-order chi connectivity index (χ1) is 13.1. The van der Waals surface area contributed by atoms with Gasteiger partial charge in [0, 0.05) is 17.8 Å². The van der Waals surface area contributed by atoms with Crippen LogP contribution in [0.5, 0.6) is 11.5 Å². The number of nitrogens with zero attached hydrogens (tertiary/aromatic N) is 1. The molecular weight excluding hydrogens is 350 g/mol. The van der Waals surface area contributed by atoms with Gasteiger partial charge in [-0.25, -0.2) is 4.79 Å². The third-order valence-electron chi connectivity index (χ3n) is 4.42. The zero-order chi connectivity index (χ0) is 19.4. The number of carbonyl (C=O) groups excluding carboxylic acids is 3. The summed E-state index contributed by atoms with van der Waals surface area (Å²) in [5, 5.41) is 0. The average Bonchev–Trinajstić information content (AvgIpc) is 3.14. The first-order valence-corrected chi connectivity index (χ1v) is 8.36. The zero-order valence-corrected chi connectivity index (χ0v) is 15.1. The second-order valence-corrected chi connectivity index (χ2v) is 5.88. The van der Waals surface area contributed by atoms with Crippen molar-refractivity contribution in [3.05, 3.63) is 53.1 Å². The van der Waals surface area contributed by atoms with Crippen molar-refractivity contribution >= 4 is 23.9 Å². The van der Waals surface area contributed by atoms with Gasteiger partial charge in [0.15, 0.2) is 24.4 Å². The van der Waals surface area contributed by atoms with Crippen LogP contribution in [-0.4, -0.2) is 45.5 Å². The summed E-state index contributed by atoms with van der Waals surface area (Å²) in [4.78, 5) is 37.9. The van der Waals surface area contributed by atoms with Crippen LogP contribution in [0.2, 0.25) is 0 Å². The summed E-state index contributed by atoms with van der Waals surface area (Å²) in [6.45, 7) is 0.101. The number of ether oxygens (including phenoxy) is 3. The number of rotatable bonds is 6. The van der Waals surface area contributed by atoms with Gasteiger partial charge in [-0.1, -0.05) is 18.2 Å². The number of carbonyl (C=O) groups is 3. The fourth-order valence-electron chi connectivity index (χ4n) is 3.13. The third kappa shape index (κ3) is 3.48. The van der Waals surface area contributed by atoms with Crippen molar-refractivity contribution in [2.75, 3.05) is 32.3 Å². The van der Waals surface area contributed by atoms with Crippen molar-refractivity contribution in [1.29, 1.82) is 0 Å². The smallest absolute Gasteiger partial charge is 0.343 e. The molecule has 0 N–H and O–H groups in total. The van der Waals surface area contributed by atoms with Crippen LogP contribution in [0.1, 0.15) is 26.3 Å². The Morgan fingerprint density at radius 1 is 1.11 bits per heavy atom. The van der Waals surface area contributed by atoms with Crippen molar-refractivity contribution in [3.63, 3.8) is 0 Å². The maximum Gasteiger partial charge on any atom is 0.343 e. The number of para-hydroxylation sites is 1. The van der Waals surface area contributed by atoms with Crippen molar-refractivity contribution in [1.82, 2.24) is 0 Å². The van der Waals surface area contributed by atoms with Gasteiger partial charge in [-0.2, -0.15) is 0 Å². The zero-order valence-electron chi connectivity index (χ0n) is 15.1. The number of benzene rings is 2. The maximum absolute atomic E-state index is 12.5. The van der Waals surface area contributed by atoms with E-state index in [2.05, 4.69) is 0 Å². The van der Waals surface area contributed by atoms with E-state index in [0.717, 1.165) is 17.7 Å². The van der Waals surface area contributed by atoms with Gasteiger partial charge in [0.1, 0.15) is 5.56 Å². The number of fused-ring (bicyclic) bond motifs is 1. The van der Waals surface area contributed by atoms with Gasteiger partial charge in [0.25, 0.3) is 5.91 Å². The van der Waals surface area contributed by atoms with Gasteiger partial charge in [-0.3, -0.25) is 9.59 Å². The maximum atomic E-state index is 12.5. The van der Waals surface area contributed by atoms with Gasteiger partial charge in [-0.05, 0) is 30.2 Å². The number of hydrogen-bond donors (Lipinski definition) is 0. The highest BCUT2D eigenvalue weighted by molar-refractivity contribution is 6.03.